The van der Waals surface area contributed by atoms with Gasteiger partial charge < -0.3 is 14.6 Å². The molecule has 6 heteroatoms. The zero-order chi connectivity index (χ0) is 15.7. The minimum Gasteiger partial charge on any atom is -0.493 e. The fraction of sp³-hybridized carbons (Fsp3) is 0.375. The van der Waals surface area contributed by atoms with E-state index in [2.05, 4.69) is 4.98 Å². The van der Waals surface area contributed by atoms with E-state index in [0.717, 1.165) is 30.5 Å². The highest BCUT2D eigenvalue weighted by molar-refractivity contribution is 7.17. The number of benzene rings is 1. The number of rotatable bonds is 5. The molecular formula is C16H17NO4S. The molecule has 1 N–H and O–H groups in total. The monoisotopic (exact) mass is 319 g/mol. The molecule has 0 radical (unpaired) electrons. The molecule has 0 aliphatic heterocycles. The molecule has 0 saturated heterocycles. The maximum Gasteiger partial charge on any atom is 0.347 e. The van der Waals surface area contributed by atoms with Gasteiger partial charge in [-0.05, 0) is 31.0 Å². The van der Waals surface area contributed by atoms with Gasteiger partial charge in [-0.15, -0.1) is 11.3 Å². The molecule has 0 amide bonds. The Bertz CT molecular complexity index is 706. The normalized spacial score (nSPS) is 14.5. The molecule has 116 valence electrons. The van der Waals surface area contributed by atoms with E-state index in [1.165, 1.54) is 11.3 Å². The summed E-state index contributed by atoms with van der Waals surface area (Å²) in [7, 11) is 3.16. The van der Waals surface area contributed by atoms with Gasteiger partial charge >= 0.3 is 5.97 Å². The number of ether oxygens (including phenoxy) is 2. The summed E-state index contributed by atoms with van der Waals surface area (Å²) in [6.07, 6.45) is 3.19. The van der Waals surface area contributed by atoms with E-state index in [9.17, 15) is 9.90 Å². The standard InChI is InChI=1S/C16H17NO4S/c1-20-11-7-6-10(8-12(11)21-2)15-17-13(9-4-3-5-9)14(22-15)16(18)19/h6-9H,3-5H2,1-2H3,(H,18,19). The minimum absolute atomic E-state index is 0.288. The van der Waals surface area contributed by atoms with E-state index in [-0.39, 0.29) is 5.92 Å². The van der Waals surface area contributed by atoms with Gasteiger partial charge in [0.15, 0.2) is 11.5 Å². The number of hydrogen-bond acceptors (Lipinski definition) is 5. The molecule has 1 aromatic heterocycles. The van der Waals surface area contributed by atoms with Gasteiger partial charge in [-0.25, -0.2) is 9.78 Å². The van der Waals surface area contributed by atoms with Gasteiger partial charge in [0.25, 0.3) is 0 Å². The smallest absolute Gasteiger partial charge is 0.347 e. The largest absolute Gasteiger partial charge is 0.493 e. The van der Waals surface area contributed by atoms with E-state index in [0.29, 0.717) is 21.4 Å². The lowest BCUT2D eigenvalue weighted by Gasteiger charge is -2.23. The maximum absolute atomic E-state index is 11.5. The Hall–Kier alpha value is -2.08. The van der Waals surface area contributed by atoms with Crippen LogP contribution >= 0.6 is 11.3 Å². The molecule has 0 spiro atoms. The van der Waals surface area contributed by atoms with E-state index in [4.69, 9.17) is 9.47 Å². The molecule has 1 aromatic carbocycles. The molecule has 0 bridgehead atoms. The Labute approximate surface area is 132 Å². The quantitative estimate of drug-likeness (QED) is 0.908. The van der Waals surface area contributed by atoms with Crippen LogP contribution in [0.1, 0.15) is 40.5 Å². The van der Waals surface area contributed by atoms with Crippen molar-refractivity contribution in [3.63, 3.8) is 0 Å². The summed E-state index contributed by atoms with van der Waals surface area (Å²) in [5, 5.41) is 10.1. The molecule has 1 fully saturated rings. The van der Waals surface area contributed by atoms with Gasteiger partial charge in [0.1, 0.15) is 9.88 Å². The number of aromatic carboxylic acids is 1. The summed E-state index contributed by atoms with van der Waals surface area (Å²) in [5.41, 5.74) is 1.57. The Balaban J connectivity index is 2.03. The Kier molecular flexibility index (Phi) is 4.02. The average Bonchev–Trinajstić information content (AvgIpc) is 2.89. The highest BCUT2D eigenvalue weighted by Gasteiger charge is 2.29. The zero-order valence-corrected chi connectivity index (χ0v) is 13.3. The molecule has 1 aliphatic rings. The number of nitrogens with zero attached hydrogens (tertiary/aromatic N) is 1. The molecule has 2 aromatic rings. The minimum atomic E-state index is -0.897. The van der Waals surface area contributed by atoms with E-state index in [1.807, 2.05) is 12.1 Å². The maximum atomic E-state index is 11.5. The van der Waals surface area contributed by atoms with Gasteiger partial charge in [0.05, 0.1) is 19.9 Å². The van der Waals surface area contributed by atoms with E-state index >= 15 is 0 Å². The van der Waals surface area contributed by atoms with Gasteiger partial charge in [-0.2, -0.15) is 0 Å². The van der Waals surface area contributed by atoms with E-state index < -0.39 is 5.97 Å². The number of methoxy groups -OCH3 is 2. The van der Waals surface area contributed by atoms with Crippen molar-refractivity contribution in [3.8, 4) is 22.1 Å². The first-order valence-electron chi connectivity index (χ1n) is 7.10. The summed E-state index contributed by atoms with van der Waals surface area (Å²) in [6.45, 7) is 0. The van der Waals surface area contributed by atoms with Crippen molar-refractivity contribution in [2.24, 2.45) is 0 Å². The fourth-order valence-electron chi connectivity index (χ4n) is 2.54. The molecule has 1 heterocycles. The van der Waals surface area contributed by atoms with Crippen LogP contribution in [0.5, 0.6) is 11.5 Å². The van der Waals surface area contributed by atoms with Crippen LogP contribution in [0.4, 0.5) is 0 Å². The summed E-state index contributed by atoms with van der Waals surface area (Å²) in [5.74, 6) is 0.639. The number of carboxylic acids is 1. The van der Waals surface area contributed by atoms with Crippen molar-refractivity contribution in [1.29, 1.82) is 0 Å². The van der Waals surface area contributed by atoms with Crippen LogP contribution < -0.4 is 9.47 Å². The van der Waals surface area contributed by atoms with E-state index in [1.54, 1.807) is 20.3 Å². The van der Waals surface area contributed by atoms with Crippen molar-refractivity contribution >= 4 is 17.3 Å². The SMILES string of the molecule is COc1ccc(-c2nc(C3CCC3)c(C(=O)O)s2)cc1OC. The van der Waals surface area contributed by atoms with Gasteiger partial charge in [-0.1, -0.05) is 6.42 Å². The summed E-state index contributed by atoms with van der Waals surface area (Å²) >= 11 is 1.22. The first-order chi connectivity index (χ1) is 10.6. The lowest BCUT2D eigenvalue weighted by Crippen LogP contribution is -2.12. The van der Waals surface area contributed by atoms with Crippen molar-refractivity contribution in [2.45, 2.75) is 25.2 Å². The summed E-state index contributed by atoms with van der Waals surface area (Å²) in [4.78, 5) is 16.4. The van der Waals surface area contributed by atoms with Gasteiger partial charge in [0.2, 0.25) is 0 Å². The number of hydrogen-bond donors (Lipinski definition) is 1. The number of aromatic nitrogens is 1. The van der Waals surface area contributed by atoms with Crippen LogP contribution in [0.3, 0.4) is 0 Å². The van der Waals surface area contributed by atoms with Crippen LogP contribution in [0.2, 0.25) is 0 Å². The van der Waals surface area contributed by atoms with Crippen molar-refractivity contribution in [2.75, 3.05) is 14.2 Å². The number of carbonyl (C=O) groups is 1. The average molecular weight is 319 g/mol. The third-order valence-electron chi connectivity index (χ3n) is 3.97. The fourth-order valence-corrected chi connectivity index (χ4v) is 3.52. The topological polar surface area (TPSA) is 68.7 Å². The second-order valence-corrected chi connectivity index (χ2v) is 6.24. The predicted octanol–water partition coefficient (Wildman–Crippen LogP) is 3.79. The van der Waals surface area contributed by atoms with Crippen molar-refractivity contribution in [3.05, 3.63) is 28.8 Å². The third-order valence-corrected chi connectivity index (χ3v) is 5.08. The highest BCUT2D eigenvalue weighted by Crippen LogP contribution is 2.42. The summed E-state index contributed by atoms with van der Waals surface area (Å²) in [6, 6.07) is 5.50. The van der Waals surface area contributed by atoms with Crippen molar-refractivity contribution in [1.82, 2.24) is 4.98 Å². The lowest BCUT2D eigenvalue weighted by molar-refractivity contribution is 0.0699. The molecule has 1 saturated carbocycles. The predicted molar refractivity (Wildman–Crippen MR) is 84.2 cm³/mol. The Morgan fingerprint density at radius 3 is 2.55 bits per heavy atom. The van der Waals surface area contributed by atoms with Gasteiger partial charge in [0, 0.05) is 11.5 Å². The van der Waals surface area contributed by atoms with Crippen molar-refractivity contribution < 1.29 is 19.4 Å². The number of thiazole rings is 1. The molecule has 1 aliphatic carbocycles. The highest BCUT2D eigenvalue weighted by atomic mass is 32.1. The Morgan fingerprint density at radius 1 is 1.27 bits per heavy atom. The van der Waals surface area contributed by atoms with Crippen LogP contribution in [-0.2, 0) is 0 Å². The lowest BCUT2D eigenvalue weighted by atomic mass is 9.82. The molecule has 5 nitrogen and oxygen atoms in total. The first kappa shape index (κ1) is 14.8. The second kappa shape index (κ2) is 5.96. The van der Waals surface area contributed by atoms with Crippen LogP contribution in [0.15, 0.2) is 18.2 Å². The molecule has 3 rings (SSSR count). The van der Waals surface area contributed by atoms with Gasteiger partial charge in [-0.3, -0.25) is 0 Å². The Morgan fingerprint density at radius 2 is 2.00 bits per heavy atom. The zero-order valence-electron chi connectivity index (χ0n) is 12.5. The van der Waals surface area contributed by atoms with Crippen LogP contribution in [0.25, 0.3) is 10.6 Å². The first-order valence-corrected chi connectivity index (χ1v) is 7.92. The summed E-state index contributed by atoms with van der Waals surface area (Å²) < 4.78 is 10.5. The van der Waals surface area contributed by atoms with Crippen LogP contribution in [0, 0.1) is 0 Å². The third kappa shape index (κ3) is 2.54. The number of carboxylic acid groups (broad SMARTS) is 1. The molecule has 0 unspecified atom stereocenters. The van der Waals surface area contributed by atoms with Crippen LogP contribution in [-0.4, -0.2) is 30.3 Å². The molecular weight excluding hydrogens is 302 g/mol. The second-order valence-electron chi connectivity index (χ2n) is 5.24. The molecule has 0 atom stereocenters. The molecule has 22 heavy (non-hydrogen) atoms.